The number of aryl methyl sites for hydroxylation is 2. The monoisotopic (exact) mass is 437 g/mol. The Balaban J connectivity index is 1.40. The SMILES string of the molecule is CCOC(=O)C1(NC(=O)c2ccc(OCc3c(-c4ccc(C)nc4)noc3C)nn2)CC1. The summed E-state index contributed by atoms with van der Waals surface area (Å²) in [7, 11) is 0. The Morgan fingerprint density at radius 2 is 1.97 bits per heavy atom. The van der Waals surface area contributed by atoms with E-state index in [4.69, 9.17) is 14.0 Å². The molecule has 0 aliphatic heterocycles. The van der Waals surface area contributed by atoms with Crippen molar-refractivity contribution in [1.82, 2.24) is 25.7 Å². The Kier molecular flexibility index (Phi) is 5.85. The van der Waals surface area contributed by atoms with Crippen molar-refractivity contribution in [2.75, 3.05) is 6.61 Å². The van der Waals surface area contributed by atoms with Crippen molar-refractivity contribution in [2.24, 2.45) is 0 Å². The maximum Gasteiger partial charge on any atom is 0.331 e. The van der Waals surface area contributed by atoms with Crippen LogP contribution < -0.4 is 10.1 Å². The van der Waals surface area contributed by atoms with Crippen molar-refractivity contribution >= 4 is 11.9 Å². The molecule has 0 radical (unpaired) electrons. The maximum absolute atomic E-state index is 12.4. The van der Waals surface area contributed by atoms with Crippen molar-refractivity contribution in [3.05, 3.63) is 53.2 Å². The van der Waals surface area contributed by atoms with Crippen LogP contribution in [-0.2, 0) is 16.1 Å². The summed E-state index contributed by atoms with van der Waals surface area (Å²) in [5.74, 6) is -0.0523. The molecular formula is C22H23N5O5. The van der Waals surface area contributed by atoms with E-state index in [2.05, 4.69) is 25.7 Å². The molecule has 1 N–H and O–H groups in total. The van der Waals surface area contributed by atoms with Crippen molar-refractivity contribution in [1.29, 1.82) is 0 Å². The van der Waals surface area contributed by atoms with Gasteiger partial charge in [0.2, 0.25) is 5.88 Å². The number of hydrogen-bond acceptors (Lipinski definition) is 9. The molecule has 1 aliphatic carbocycles. The summed E-state index contributed by atoms with van der Waals surface area (Å²) >= 11 is 0. The second-order valence-electron chi connectivity index (χ2n) is 7.56. The van der Waals surface area contributed by atoms with E-state index in [-0.39, 0.29) is 24.8 Å². The van der Waals surface area contributed by atoms with Gasteiger partial charge >= 0.3 is 5.97 Å². The van der Waals surface area contributed by atoms with Crippen LogP contribution >= 0.6 is 0 Å². The summed E-state index contributed by atoms with van der Waals surface area (Å²) in [5.41, 5.74) is 2.27. The van der Waals surface area contributed by atoms with Crippen LogP contribution in [0, 0.1) is 13.8 Å². The van der Waals surface area contributed by atoms with Crippen LogP contribution in [-0.4, -0.2) is 44.4 Å². The van der Waals surface area contributed by atoms with E-state index in [9.17, 15) is 9.59 Å². The van der Waals surface area contributed by atoms with E-state index in [1.54, 1.807) is 26.1 Å². The Morgan fingerprint density at radius 3 is 2.59 bits per heavy atom. The van der Waals surface area contributed by atoms with Crippen LogP contribution in [0.25, 0.3) is 11.3 Å². The smallest absolute Gasteiger partial charge is 0.331 e. The maximum atomic E-state index is 12.4. The number of hydrogen-bond donors (Lipinski definition) is 1. The third-order valence-corrected chi connectivity index (χ3v) is 5.18. The van der Waals surface area contributed by atoms with Gasteiger partial charge in [-0.05, 0) is 51.8 Å². The zero-order valence-corrected chi connectivity index (χ0v) is 18.0. The number of nitrogens with zero attached hydrogens (tertiary/aromatic N) is 4. The molecule has 0 saturated heterocycles. The van der Waals surface area contributed by atoms with Crippen LogP contribution in [0.2, 0.25) is 0 Å². The highest BCUT2D eigenvalue weighted by Crippen LogP contribution is 2.37. The molecule has 3 aromatic heterocycles. The van der Waals surface area contributed by atoms with Crippen LogP contribution in [0.5, 0.6) is 5.88 Å². The van der Waals surface area contributed by atoms with Crippen molar-refractivity contribution in [3.63, 3.8) is 0 Å². The van der Waals surface area contributed by atoms with Gasteiger partial charge in [0.1, 0.15) is 23.6 Å². The molecule has 0 spiro atoms. The normalized spacial score (nSPS) is 14.0. The number of esters is 1. The molecule has 1 fully saturated rings. The van der Waals surface area contributed by atoms with Crippen LogP contribution in [0.15, 0.2) is 35.0 Å². The van der Waals surface area contributed by atoms with Gasteiger partial charge in [0.05, 0.1) is 12.2 Å². The summed E-state index contributed by atoms with van der Waals surface area (Å²) < 4.78 is 16.1. The molecule has 3 aromatic rings. The lowest BCUT2D eigenvalue weighted by Crippen LogP contribution is -2.44. The lowest BCUT2D eigenvalue weighted by Gasteiger charge is -2.15. The molecule has 32 heavy (non-hydrogen) atoms. The highest BCUT2D eigenvalue weighted by Gasteiger charge is 2.52. The van der Waals surface area contributed by atoms with Crippen LogP contribution in [0.4, 0.5) is 0 Å². The predicted octanol–water partition coefficient (Wildman–Crippen LogP) is 2.55. The first-order valence-electron chi connectivity index (χ1n) is 10.3. The fraction of sp³-hybridized carbons (Fsp3) is 0.364. The van der Waals surface area contributed by atoms with E-state index in [1.807, 2.05) is 19.1 Å². The molecule has 10 heteroatoms. The standard InChI is InChI=1S/C22H23N5O5/c1-4-30-21(29)22(9-10-22)24-20(28)17-7-8-18(26-25-17)31-12-16-14(3)32-27-19(16)15-6-5-13(2)23-11-15/h5-8,11H,4,9-10,12H2,1-3H3,(H,24,28). The summed E-state index contributed by atoms with van der Waals surface area (Å²) in [5, 5.41) is 14.7. The van der Waals surface area contributed by atoms with Crippen LogP contribution in [0.1, 0.15) is 47.3 Å². The first kappa shape index (κ1) is 21.4. The number of carbonyl (C=O) groups is 2. The second-order valence-corrected chi connectivity index (χ2v) is 7.56. The molecule has 0 aromatic carbocycles. The third kappa shape index (κ3) is 4.43. The zero-order chi connectivity index (χ0) is 22.7. The van der Waals surface area contributed by atoms with E-state index >= 15 is 0 Å². The predicted molar refractivity (Wildman–Crippen MR) is 112 cm³/mol. The number of aromatic nitrogens is 4. The average molecular weight is 437 g/mol. The van der Waals surface area contributed by atoms with Gasteiger partial charge in [0.15, 0.2) is 5.69 Å². The van der Waals surface area contributed by atoms with Gasteiger partial charge in [-0.2, -0.15) is 0 Å². The van der Waals surface area contributed by atoms with Gasteiger partial charge in [-0.15, -0.1) is 10.2 Å². The van der Waals surface area contributed by atoms with E-state index in [0.717, 1.165) is 16.8 Å². The highest BCUT2D eigenvalue weighted by molar-refractivity contribution is 5.97. The van der Waals surface area contributed by atoms with Gasteiger partial charge in [-0.3, -0.25) is 9.78 Å². The number of amides is 1. The molecule has 0 bridgehead atoms. The third-order valence-electron chi connectivity index (χ3n) is 5.18. The van der Waals surface area contributed by atoms with Crippen molar-refractivity contribution in [2.45, 2.75) is 45.8 Å². The van der Waals surface area contributed by atoms with Crippen molar-refractivity contribution in [3.8, 4) is 17.1 Å². The number of pyridine rings is 1. The number of nitrogens with one attached hydrogen (secondary N) is 1. The summed E-state index contributed by atoms with van der Waals surface area (Å²) in [6.07, 6.45) is 2.82. The molecule has 10 nitrogen and oxygen atoms in total. The first-order valence-corrected chi connectivity index (χ1v) is 10.3. The minimum absolute atomic E-state index is 0.0838. The summed E-state index contributed by atoms with van der Waals surface area (Å²) in [4.78, 5) is 28.7. The first-order chi connectivity index (χ1) is 15.4. The van der Waals surface area contributed by atoms with Gasteiger partial charge in [0.25, 0.3) is 5.91 Å². The lowest BCUT2D eigenvalue weighted by atomic mass is 10.1. The van der Waals surface area contributed by atoms with Crippen molar-refractivity contribution < 1.29 is 23.6 Å². The molecule has 0 unspecified atom stereocenters. The largest absolute Gasteiger partial charge is 0.472 e. The fourth-order valence-corrected chi connectivity index (χ4v) is 3.12. The molecule has 3 heterocycles. The summed E-state index contributed by atoms with van der Waals surface area (Å²) in [6, 6.07) is 6.85. The van der Waals surface area contributed by atoms with Gasteiger partial charge in [0, 0.05) is 23.5 Å². The number of ether oxygens (including phenoxy) is 2. The molecule has 1 aliphatic rings. The Labute approximate surface area is 184 Å². The molecule has 0 atom stereocenters. The number of rotatable bonds is 8. The van der Waals surface area contributed by atoms with Gasteiger partial charge in [-0.1, -0.05) is 5.16 Å². The van der Waals surface area contributed by atoms with E-state index < -0.39 is 17.4 Å². The Morgan fingerprint density at radius 1 is 1.16 bits per heavy atom. The molecule has 4 rings (SSSR count). The Hall–Kier alpha value is -3.82. The van der Waals surface area contributed by atoms with E-state index in [1.165, 1.54) is 6.07 Å². The molecular weight excluding hydrogens is 414 g/mol. The topological polar surface area (TPSA) is 129 Å². The minimum Gasteiger partial charge on any atom is -0.472 e. The zero-order valence-electron chi connectivity index (χ0n) is 18.0. The molecule has 1 saturated carbocycles. The van der Waals surface area contributed by atoms with E-state index in [0.29, 0.717) is 24.3 Å². The second kappa shape index (κ2) is 8.74. The minimum atomic E-state index is -0.947. The number of carbonyl (C=O) groups excluding carboxylic acids is 2. The lowest BCUT2D eigenvalue weighted by molar-refractivity contribution is -0.146. The molecule has 166 valence electrons. The van der Waals surface area contributed by atoms with Gasteiger partial charge < -0.3 is 19.3 Å². The van der Waals surface area contributed by atoms with Crippen LogP contribution in [0.3, 0.4) is 0 Å². The quantitative estimate of drug-likeness (QED) is 0.528. The molecule has 1 amide bonds. The summed E-state index contributed by atoms with van der Waals surface area (Å²) in [6.45, 7) is 5.85. The average Bonchev–Trinajstić information content (AvgIpc) is 3.48. The van der Waals surface area contributed by atoms with Gasteiger partial charge in [-0.25, -0.2) is 4.79 Å². The fourth-order valence-electron chi connectivity index (χ4n) is 3.12. The Bertz CT molecular complexity index is 1120. The highest BCUT2D eigenvalue weighted by atomic mass is 16.5.